The first kappa shape index (κ1) is 13.5. The van der Waals surface area contributed by atoms with Crippen LogP contribution in [0, 0.1) is 5.92 Å². The topological polar surface area (TPSA) is 63.5 Å². The van der Waals surface area contributed by atoms with Gasteiger partial charge in [-0.05, 0) is 36.6 Å². The third-order valence-corrected chi connectivity index (χ3v) is 3.46. The lowest BCUT2D eigenvalue weighted by atomic mass is 10.1. The molecule has 0 amide bonds. The Kier molecular flexibility index (Phi) is 4.10. The third-order valence-electron chi connectivity index (χ3n) is 3.46. The molecule has 0 aliphatic carbocycles. The van der Waals surface area contributed by atoms with E-state index in [4.69, 9.17) is 10.9 Å². The fraction of sp³-hybridized carbons (Fsp3) is 0.400. The van der Waals surface area contributed by atoms with Crippen molar-refractivity contribution in [2.45, 2.75) is 33.2 Å². The van der Waals surface area contributed by atoms with Crippen molar-refractivity contribution in [2.75, 3.05) is 0 Å². The fourth-order valence-corrected chi connectivity index (χ4v) is 2.50. The molecule has 1 atom stereocenters. The lowest BCUT2D eigenvalue weighted by molar-refractivity contribution is 0.318. The second kappa shape index (κ2) is 5.78. The largest absolute Gasteiger partial charge is 0.409 e. The molecule has 1 aromatic carbocycles. The molecule has 1 unspecified atom stereocenters. The third kappa shape index (κ3) is 2.89. The second-order valence-electron chi connectivity index (χ2n) is 5.12. The SMILES string of the molecule is CCCC(C)Cn1ccc2cc(/C(N)=N/O)ccc21. The Bertz CT molecular complexity index is 586. The van der Waals surface area contributed by atoms with Gasteiger partial charge in [-0.3, -0.25) is 0 Å². The second-order valence-corrected chi connectivity index (χ2v) is 5.12. The molecule has 4 heteroatoms. The van der Waals surface area contributed by atoms with E-state index in [1.165, 1.54) is 18.4 Å². The Morgan fingerprint density at radius 2 is 2.21 bits per heavy atom. The minimum atomic E-state index is 0.147. The van der Waals surface area contributed by atoms with Crippen molar-refractivity contribution >= 4 is 16.7 Å². The molecule has 0 bridgehead atoms. The maximum absolute atomic E-state index is 8.70. The maximum atomic E-state index is 8.70. The van der Waals surface area contributed by atoms with Gasteiger partial charge in [-0.25, -0.2) is 0 Å². The average molecular weight is 259 g/mol. The Morgan fingerprint density at radius 3 is 2.89 bits per heavy atom. The van der Waals surface area contributed by atoms with Gasteiger partial charge in [-0.1, -0.05) is 25.4 Å². The highest BCUT2D eigenvalue weighted by molar-refractivity contribution is 6.00. The van der Waals surface area contributed by atoms with Crippen molar-refractivity contribution < 1.29 is 5.21 Å². The molecule has 1 heterocycles. The summed E-state index contributed by atoms with van der Waals surface area (Å²) in [7, 11) is 0. The molecule has 2 rings (SSSR count). The minimum Gasteiger partial charge on any atom is -0.409 e. The molecule has 102 valence electrons. The summed E-state index contributed by atoms with van der Waals surface area (Å²) in [5, 5.41) is 12.9. The number of hydrogen-bond donors (Lipinski definition) is 2. The summed E-state index contributed by atoms with van der Waals surface area (Å²) >= 11 is 0. The van der Waals surface area contributed by atoms with Crippen LogP contribution >= 0.6 is 0 Å². The van der Waals surface area contributed by atoms with Crippen LogP contribution in [0.5, 0.6) is 0 Å². The number of hydrogen-bond acceptors (Lipinski definition) is 2. The van der Waals surface area contributed by atoms with E-state index in [0.717, 1.165) is 17.5 Å². The zero-order chi connectivity index (χ0) is 13.8. The van der Waals surface area contributed by atoms with Crippen LogP contribution in [-0.4, -0.2) is 15.6 Å². The van der Waals surface area contributed by atoms with Gasteiger partial charge in [0.1, 0.15) is 0 Å². The zero-order valence-electron chi connectivity index (χ0n) is 11.5. The molecule has 19 heavy (non-hydrogen) atoms. The first-order chi connectivity index (χ1) is 9.15. The highest BCUT2D eigenvalue weighted by Crippen LogP contribution is 2.20. The van der Waals surface area contributed by atoms with E-state index in [-0.39, 0.29) is 5.84 Å². The number of aromatic nitrogens is 1. The molecule has 0 saturated carbocycles. The van der Waals surface area contributed by atoms with Gasteiger partial charge in [0.2, 0.25) is 0 Å². The van der Waals surface area contributed by atoms with Crippen LogP contribution in [0.3, 0.4) is 0 Å². The first-order valence-corrected chi connectivity index (χ1v) is 6.72. The van der Waals surface area contributed by atoms with Crippen LogP contribution < -0.4 is 5.73 Å². The molecule has 1 aromatic heterocycles. The minimum absolute atomic E-state index is 0.147. The van der Waals surface area contributed by atoms with Crippen molar-refractivity contribution in [1.82, 2.24) is 4.57 Å². The van der Waals surface area contributed by atoms with Gasteiger partial charge in [0.25, 0.3) is 0 Å². The number of fused-ring (bicyclic) bond motifs is 1. The molecule has 0 radical (unpaired) electrons. The molecule has 0 aliphatic heterocycles. The normalized spacial score (nSPS) is 13.9. The van der Waals surface area contributed by atoms with Gasteiger partial charge < -0.3 is 15.5 Å². The molecular formula is C15H21N3O. The Balaban J connectivity index is 2.29. The lowest BCUT2D eigenvalue weighted by Crippen LogP contribution is -2.12. The van der Waals surface area contributed by atoms with Crippen LogP contribution in [0.25, 0.3) is 10.9 Å². The molecule has 0 spiro atoms. The maximum Gasteiger partial charge on any atom is 0.170 e. The number of nitrogens with zero attached hydrogens (tertiary/aromatic N) is 2. The van der Waals surface area contributed by atoms with Gasteiger partial charge in [-0.2, -0.15) is 0 Å². The number of rotatable bonds is 5. The van der Waals surface area contributed by atoms with Crippen molar-refractivity contribution in [1.29, 1.82) is 0 Å². The Morgan fingerprint density at radius 1 is 1.42 bits per heavy atom. The highest BCUT2D eigenvalue weighted by atomic mass is 16.4. The fourth-order valence-electron chi connectivity index (χ4n) is 2.50. The van der Waals surface area contributed by atoms with Crippen molar-refractivity contribution in [2.24, 2.45) is 16.8 Å². The van der Waals surface area contributed by atoms with Crippen molar-refractivity contribution in [3.63, 3.8) is 0 Å². The van der Waals surface area contributed by atoms with Crippen LogP contribution in [0.1, 0.15) is 32.3 Å². The quantitative estimate of drug-likeness (QED) is 0.375. The molecule has 0 aliphatic rings. The van der Waals surface area contributed by atoms with Crippen molar-refractivity contribution in [3.8, 4) is 0 Å². The van der Waals surface area contributed by atoms with E-state index < -0.39 is 0 Å². The van der Waals surface area contributed by atoms with E-state index in [9.17, 15) is 0 Å². The van der Waals surface area contributed by atoms with Crippen LogP contribution in [0.15, 0.2) is 35.6 Å². The molecule has 2 aromatic rings. The number of oxime groups is 1. The summed E-state index contributed by atoms with van der Waals surface area (Å²) in [5.74, 6) is 0.818. The average Bonchev–Trinajstić information content (AvgIpc) is 2.80. The summed E-state index contributed by atoms with van der Waals surface area (Å²) in [6.07, 6.45) is 4.56. The monoisotopic (exact) mass is 259 g/mol. The molecular weight excluding hydrogens is 238 g/mol. The van der Waals surface area contributed by atoms with Crippen LogP contribution in [0.2, 0.25) is 0 Å². The predicted octanol–water partition coefficient (Wildman–Crippen LogP) is 3.17. The molecule has 0 fully saturated rings. The van der Waals surface area contributed by atoms with E-state index >= 15 is 0 Å². The number of nitrogens with two attached hydrogens (primary N) is 1. The van der Waals surface area contributed by atoms with E-state index in [2.05, 4.69) is 35.8 Å². The lowest BCUT2D eigenvalue weighted by Gasteiger charge is -2.12. The standard InChI is InChI=1S/C15H21N3O/c1-3-4-11(2)10-18-8-7-12-9-13(15(16)17-19)5-6-14(12)18/h5-9,11,19H,3-4,10H2,1-2H3,(H2,16,17). The number of benzene rings is 1. The van der Waals surface area contributed by atoms with E-state index in [1.54, 1.807) is 0 Å². The zero-order valence-corrected chi connectivity index (χ0v) is 11.5. The Hall–Kier alpha value is -1.97. The smallest absolute Gasteiger partial charge is 0.170 e. The number of amidine groups is 1. The molecule has 3 N–H and O–H groups in total. The summed E-state index contributed by atoms with van der Waals surface area (Å²) in [6.45, 7) is 5.52. The van der Waals surface area contributed by atoms with Crippen LogP contribution in [-0.2, 0) is 6.54 Å². The molecule has 0 saturated heterocycles. The van der Waals surface area contributed by atoms with E-state index in [0.29, 0.717) is 5.92 Å². The predicted molar refractivity (Wildman–Crippen MR) is 78.5 cm³/mol. The van der Waals surface area contributed by atoms with Gasteiger partial charge in [0.15, 0.2) is 5.84 Å². The summed E-state index contributed by atoms with van der Waals surface area (Å²) in [5.41, 5.74) is 7.54. The molecule has 4 nitrogen and oxygen atoms in total. The van der Waals surface area contributed by atoms with E-state index in [1.807, 2.05) is 18.2 Å². The van der Waals surface area contributed by atoms with Crippen molar-refractivity contribution in [3.05, 3.63) is 36.0 Å². The van der Waals surface area contributed by atoms with Gasteiger partial charge in [-0.15, -0.1) is 0 Å². The summed E-state index contributed by atoms with van der Waals surface area (Å²) in [4.78, 5) is 0. The summed E-state index contributed by atoms with van der Waals surface area (Å²) < 4.78 is 2.27. The van der Waals surface area contributed by atoms with Crippen LogP contribution in [0.4, 0.5) is 0 Å². The Labute approximate surface area is 113 Å². The van der Waals surface area contributed by atoms with Gasteiger partial charge in [0, 0.05) is 29.2 Å². The van der Waals surface area contributed by atoms with Gasteiger partial charge >= 0.3 is 0 Å². The van der Waals surface area contributed by atoms with Gasteiger partial charge in [0.05, 0.1) is 0 Å². The summed E-state index contributed by atoms with van der Waals surface area (Å²) in [6, 6.07) is 7.94. The highest BCUT2D eigenvalue weighted by Gasteiger charge is 2.07. The first-order valence-electron chi connectivity index (χ1n) is 6.72.